The highest BCUT2D eigenvalue weighted by molar-refractivity contribution is 6.04. The van der Waals surface area contributed by atoms with Gasteiger partial charge in [-0.15, -0.1) is 0 Å². The minimum absolute atomic E-state index is 0.291. The summed E-state index contributed by atoms with van der Waals surface area (Å²) in [5.74, 6) is -3.49. The molecule has 0 aliphatic rings. The first-order valence-electron chi connectivity index (χ1n) is 8.97. The van der Waals surface area contributed by atoms with Crippen LogP contribution >= 0.6 is 0 Å². The molecule has 0 fully saturated rings. The number of amides is 1. The predicted molar refractivity (Wildman–Crippen MR) is 105 cm³/mol. The second-order valence-electron chi connectivity index (χ2n) is 6.36. The standard InChI is InChI=1S/C21H14F3N5O2/c1-12-25-8-9-29(12)17-10-18(27-11-26-17)31-14-4-2-13(3-5-14)28-21(30)15-6-7-16(22)20(24)19(15)23/h2-11H,1H3,(H,28,30). The molecule has 31 heavy (non-hydrogen) atoms. The lowest BCUT2D eigenvalue weighted by atomic mass is 10.1. The van der Waals surface area contributed by atoms with E-state index in [-0.39, 0.29) is 0 Å². The maximum atomic E-state index is 13.8. The Balaban J connectivity index is 1.46. The minimum atomic E-state index is -1.70. The Morgan fingerprint density at radius 1 is 1.00 bits per heavy atom. The third kappa shape index (κ3) is 4.22. The van der Waals surface area contributed by atoms with E-state index in [0.29, 0.717) is 29.2 Å². The normalized spacial score (nSPS) is 10.7. The van der Waals surface area contributed by atoms with Crippen LogP contribution in [-0.4, -0.2) is 25.4 Å². The van der Waals surface area contributed by atoms with Crippen molar-refractivity contribution in [3.05, 3.63) is 90.0 Å². The average molecular weight is 425 g/mol. The van der Waals surface area contributed by atoms with Crippen molar-refractivity contribution in [3.63, 3.8) is 0 Å². The smallest absolute Gasteiger partial charge is 0.258 e. The van der Waals surface area contributed by atoms with E-state index in [9.17, 15) is 18.0 Å². The van der Waals surface area contributed by atoms with Crippen molar-refractivity contribution in [3.8, 4) is 17.4 Å². The molecule has 0 bridgehead atoms. The van der Waals surface area contributed by atoms with Crippen LogP contribution in [0.25, 0.3) is 5.82 Å². The number of benzene rings is 2. The number of imidazole rings is 1. The van der Waals surface area contributed by atoms with Crippen molar-refractivity contribution in [1.82, 2.24) is 19.5 Å². The summed E-state index contributed by atoms with van der Waals surface area (Å²) in [6.07, 6.45) is 4.76. The van der Waals surface area contributed by atoms with Crippen LogP contribution in [0.1, 0.15) is 16.2 Å². The molecule has 0 spiro atoms. The van der Waals surface area contributed by atoms with Crippen LogP contribution < -0.4 is 10.1 Å². The highest BCUT2D eigenvalue weighted by Gasteiger charge is 2.19. The molecule has 0 saturated heterocycles. The maximum absolute atomic E-state index is 13.8. The SMILES string of the molecule is Cc1nccn1-c1cc(Oc2ccc(NC(=O)c3ccc(F)c(F)c3F)cc2)ncn1. The second kappa shape index (κ2) is 8.27. The van der Waals surface area contributed by atoms with Gasteiger partial charge in [0, 0.05) is 24.1 Å². The topological polar surface area (TPSA) is 81.9 Å². The Labute approximate surface area is 174 Å². The number of hydrogen-bond acceptors (Lipinski definition) is 5. The number of nitrogens with zero attached hydrogens (tertiary/aromatic N) is 4. The second-order valence-corrected chi connectivity index (χ2v) is 6.36. The van der Waals surface area contributed by atoms with Gasteiger partial charge >= 0.3 is 0 Å². The van der Waals surface area contributed by atoms with Gasteiger partial charge in [0.15, 0.2) is 17.5 Å². The molecule has 2 aromatic carbocycles. The molecule has 4 rings (SSSR count). The number of ether oxygens (including phenoxy) is 1. The monoisotopic (exact) mass is 425 g/mol. The molecule has 1 amide bonds. The summed E-state index contributed by atoms with van der Waals surface area (Å²) in [6.45, 7) is 1.84. The van der Waals surface area contributed by atoms with Crippen molar-refractivity contribution in [2.45, 2.75) is 6.92 Å². The first kappa shape index (κ1) is 20.1. The molecule has 0 saturated carbocycles. The van der Waals surface area contributed by atoms with E-state index in [0.717, 1.165) is 11.9 Å². The number of aromatic nitrogens is 4. The molecule has 1 N–H and O–H groups in total. The van der Waals surface area contributed by atoms with E-state index in [4.69, 9.17) is 4.74 Å². The number of halogens is 3. The van der Waals surface area contributed by atoms with Gasteiger partial charge in [-0.2, -0.15) is 0 Å². The highest BCUT2D eigenvalue weighted by atomic mass is 19.2. The average Bonchev–Trinajstić information content (AvgIpc) is 3.19. The van der Waals surface area contributed by atoms with Gasteiger partial charge in [-0.1, -0.05) is 0 Å². The number of rotatable bonds is 5. The molecular weight excluding hydrogens is 411 g/mol. The van der Waals surface area contributed by atoms with E-state index in [1.54, 1.807) is 35.2 Å². The molecule has 2 heterocycles. The molecule has 10 heteroatoms. The summed E-state index contributed by atoms with van der Waals surface area (Å²) in [7, 11) is 0. The zero-order chi connectivity index (χ0) is 22.0. The lowest BCUT2D eigenvalue weighted by Crippen LogP contribution is -2.15. The summed E-state index contributed by atoms with van der Waals surface area (Å²) < 4.78 is 47.6. The van der Waals surface area contributed by atoms with Crippen LogP contribution in [0, 0.1) is 24.4 Å². The summed E-state index contributed by atoms with van der Waals surface area (Å²) in [5, 5.41) is 2.41. The minimum Gasteiger partial charge on any atom is -0.439 e. The zero-order valence-electron chi connectivity index (χ0n) is 16.0. The fourth-order valence-corrected chi connectivity index (χ4v) is 2.76. The van der Waals surface area contributed by atoms with Gasteiger partial charge in [0.1, 0.15) is 23.7 Å². The quantitative estimate of drug-likeness (QED) is 0.479. The Kier molecular flexibility index (Phi) is 5.35. The maximum Gasteiger partial charge on any atom is 0.258 e. The molecule has 0 aliphatic carbocycles. The van der Waals surface area contributed by atoms with E-state index >= 15 is 0 Å². The Hall–Kier alpha value is -4.21. The number of carbonyl (C=O) groups is 1. The van der Waals surface area contributed by atoms with Gasteiger partial charge < -0.3 is 10.1 Å². The van der Waals surface area contributed by atoms with Crippen LogP contribution in [0.2, 0.25) is 0 Å². The third-order valence-corrected chi connectivity index (χ3v) is 4.31. The van der Waals surface area contributed by atoms with Crippen molar-refractivity contribution in [2.75, 3.05) is 5.32 Å². The van der Waals surface area contributed by atoms with Gasteiger partial charge in [-0.25, -0.2) is 28.1 Å². The van der Waals surface area contributed by atoms with Crippen LogP contribution in [0.5, 0.6) is 11.6 Å². The van der Waals surface area contributed by atoms with Gasteiger partial charge in [0.2, 0.25) is 5.88 Å². The Morgan fingerprint density at radius 2 is 1.77 bits per heavy atom. The van der Waals surface area contributed by atoms with E-state index < -0.39 is 28.9 Å². The van der Waals surface area contributed by atoms with Gasteiger partial charge in [0.25, 0.3) is 5.91 Å². The highest BCUT2D eigenvalue weighted by Crippen LogP contribution is 2.23. The van der Waals surface area contributed by atoms with Crippen LogP contribution in [0.4, 0.5) is 18.9 Å². The van der Waals surface area contributed by atoms with Crippen LogP contribution in [-0.2, 0) is 0 Å². The third-order valence-electron chi connectivity index (χ3n) is 4.31. The lowest BCUT2D eigenvalue weighted by molar-refractivity contribution is 0.102. The molecule has 2 aromatic heterocycles. The van der Waals surface area contributed by atoms with E-state index in [1.165, 1.54) is 18.5 Å². The van der Waals surface area contributed by atoms with E-state index in [2.05, 4.69) is 20.3 Å². The van der Waals surface area contributed by atoms with Gasteiger partial charge in [-0.05, 0) is 43.3 Å². The first-order valence-corrected chi connectivity index (χ1v) is 8.97. The van der Waals surface area contributed by atoms with E-state index in [1.807, 2.05) is 6.92 Å². The summed E-state index contributed by atoms with van der Waals surface area (Å²) >= 11 is 0. The number of hydrogen-bond donors (Lipinski definition) is 1. The first-order chi connectivity index (χ1) is 14.9. The molecule has 0 unspecified atom stereocenters. The van der Waals surface area contributed by atoms with Gasteiger partial charge in [0.05, 0.1) is 5.56 Å². The van der Waals surface area contributed by atoms with Crippen LogP contribution in [0.15, 0.2) is 61.2 Å². The summed E-state index contributed by atoms with van der Waals surface area (Å²) in [5.41, 5.74) is -0.304. The fourth-order valence-electron chi connectivity index (χ4n) is 2.76. The van der Waals surface area contributed by atoms with Crippen molar-refractivity contribution < 1.29 is 22.7 Å². The summed E-state index contributed by atoms with van der Waals surface area (Å²) in [4.78, 5) is 24.5. The van der Waals surface area contributed by atoms with Crippen molar-refractivity contribution >= 4 is 11.6 Å². The Morgan fingerprint density at radius 3 is 2.48 bits per heavy atom. The zero-order valence-corrected chi connectivity index (χ0v) is 16.0. The summed E-state index contributed by atoms with van der Waals surface area (Å²) in [6, 6.07) is 9.32. The molecule has 7 nitrogen and oxygen atoms in total. The Bertz CT molecular complexity index is 1260. The van der Waals surface area contributed by atoms with Crippen molar-refractivity contribution in [2.24, 2.45) is 0 Å². The molecular formula is C21H14F3N5O2. The molecule has 0 radical (unpaired) electrons. The molecule has 0 aliphatic heterocycles. The molecule has 4 aromatic rings. The number of aryl methyl sites for hydroxylation is 1. The number of nitrogens with one attached hydrogen (secondary N) is 1. The largest absolute Gasteiger partial charge is 0.439 e. The lowest BCUT2D eigenvalue weighted by Gasteiger charge is -2.09. The number of carbonyl (C=O) groups excluding carboxylic acids is 1. The van der Waals surface area contributed by atoms with Crippen LogP contribution in [0.3, 0.4) is 0 Å². The fraction of sp³-hybridized carbons (Fsp3) is 0.0476. The molecule has 0 atom stereocenters. The van der Waals surface area contributed by atoms with Crippen molar-refractivity contribution in [1.29, 1.82) is 0 Å². The predicted octanol–water partition coefficient (Wildman–Crippen LogP) is 4.43. The van der Waals surface area contributed by atoms with Gasteiger partial charge in [-0.3, -0.25) is 9.36 Å². The molecule has 156 valence electrons. The number of anilines is 1.